The summed E-state index contributed by atoms with van der Waals surface area (Å²) in [5.74, 6) is -2.43. The summed E-state index contributed by atoms with van der Waals surface area (Å²) in [6.07, 6.45) is 1.10. The molecule has 0 aliphatic rings. The van der Waals surface area contributed by atoms with Crippen molar-refractivity contribution in [2.24, 2.45) is 5.92 Å². The summed E-state index contributed by atoms with van der Waals surface area (Å²) in [6.45, 7) is 4.88. The van der Waals surface area contributed by atoms with Gasteiger partial charge in [0.1, 0.15) is 0 Å². The predicted octanol–water partition coefficient (Wildman–Crippen LogP) is 1.67. The topological polar surface area (TPSA) is 91.7 Å². The van der Waals surface area contributed by atoms with E-state index < -0.39 is 33.2 Å². The maximum atomic E-state index is 11.4. The van der Waals surface area contributed by atoms with Crippen LogP contribution in [0.4, 0.5) is 0 Å². The number of carbonyl (C=O) groups is 1. The minimum Gasteiger partial charge on any atom is -0.479 e. The van der Waals surface area contributed by atoms with Crippen molar-refractivity contribution in [1.82, 2.24) is 0 Å². The lowest BCUT2D eigenvalue weighted by Crippen LogP contribution is -2.48. The molecule has 0 bridgehead atoms. The minimum absolute atomic E-state index is 0.164. The number of rotatable bonds is 5. The number of carboxylic acid groups (broad SMARTS) is 1. The zero-order chi connectivity index (χ0) is 15.7. The molecule has 1 aromatic rings. The van der Waals surface area contributed by atoms with Crippen LogP contribution >= 0.6 is 0 Å². The molecule has 0 heterocycles. The van der Waals surface area contributed by atoms with Crippen LogP contribution in [0, 0.1) is 5.92 Å². The van der Waals surface area contributed by atoms with Gasteiger partial charge in [0.15, 0.2) is 15.4 Å². The first-order valence-electron chi connectivity index (χ1n) is 6.27. The number of aliphatic hydroxyl groups is 1. The van der Waals surface area contributed by atoms with E-state index in [1.807, 2.05) is 0 Å². The Balaban J connectivity index is 3.21. The van der Waals surface area contributed by atoms with Crippen molar-refractivity contribution >= 4 is 15.8 Å². The van der Waals surface area contributed by atoms with Crippen LogP contribution in [0.3, 0.4) is 0 Å². The second kappa shape index (κ2) is 5.54. The van der Waals surface area contributed by atoms with Gasteiger partial charge in [-0.2, -0.15) is 0 Å². The highest BCUT2D eigenvalue weighted by Gasteiger charge is 2.45. The van der Waals surface area contributed by atoms with Crippen LogP contribution in [0.1, 0.15) is 32.3 Å². The third-order valence-corrected chi connectivity index (χ3v) is 4.82. The summed E-state index contributed by atoms with van der Waals surface area (Å²) >= 11 is 0. The summed E-state index contributed by atoms with van der Waals surface area (Å²) in [5.41, 5.74) is -1.32. The molecule has 1 rings (SSSR count). The Morgan fingerprint density at radius 2 is 1.60 bits per heavy atom. The van der Waals surface area contributed by atoms with Crippen LogP contribution in [0.25, 0.3) is 0 Å². The van der Waals surface area contributed by atoms with Crippen LogP contribution in [0.5, 0.6) is 0 Å². The number of hydrogen-bond donors (Lipinski definition) is 2. The molecule has 20 heavy (non-hydrogen) atoms. The Morgan fingerprint density at radius 3 is 1.90 bits per heavy atom. The van der Waals surface area contributed by atoms with Crippen LogP contribution in [-0.2, 0) is 14.6 Å². The van der Waals surface area contributed by atoms with Gasteiger partial charge in [-0.15, -0.1) is 0 Å². The molecule has 2 N–H and O–H groups in total. The van der Waals surface area contributed by atoms with Crippen molar-refractivity contribution < 1.29 is 23.4 Å². The molecule has 1 aromatic carbocycles. The highest BCUT2D eigenvalue weighted by atomic mass is 32.2. The van der Waals surface area contributed by atoms with Crippen LogP contribution in [0.2, 0.25) is 0 Å². The second-order valence-electron chi connectivity index (χ2n) is 5.35. The normalized spacial score (nSPS) is 16.7. The van der Waals surface area contributed by atoms with Gasteiger partial charge in [-0.05, 0) is 23.6 Å². The van der Waals surface area contributed by atoms with Gasteiger partial charge in [0.25, 0.3) is 0 Å². The molecule has 0 aliphatic heterocycles. The average molecular weight is 300 g/mol. The molecule has 0 spiro atoms. The van der Waals surface area contributed by atoms with E-state index in [1.54, 1.807) is 20.8 Å². The van der Waals surface area contributed by atoms with Crippen molar-refractivity contribution in [3.63, 3.8) is 0 Å². The van der Waals surface area contributed by atoms with Gasteiger partial charge in [-0.1, -0.05) is 32.9 Å². The van der Waals surface area contributed by atoms with E-state index in [0.717, 1.165) is 6.26 Å². The molecule has 2 unspecified atom stereocenters. The van der Waals surface area contributed by atoms with Crippen molar-refractivity contribution in [3.05, 3.63) is 29.8 Å². The van der Waals surface area contributed by atoms with Gasteiger partial charge >= 0.3 is 5.97 Å². The predicted molar refractivity (Wildman–Crippen MR) is 75.4 cm³/mol. The fourth-order valence-corrected chi connectivity index (χ4v) is 2.82. The number of carboxylic acids is 1. The molecule has 2 atom stereocenters. The van der Waals surface area contributed by atoms with Crippen molar-refractivity contribution in [3.8, 4) is 0 Å². The standard InChI is InChI=1S/C14H20O5S/c1-9(2)14(17,13(15)16)10(3)11-5-7-12(8-6-11)20(4,18)19/h5-10,17H,1-4H3,(H,15,16). The molecule has 0 fully saturated rings. The first-order chi connectivity index (χ1) is 9.01. The lowest BCUT2D eigenvalue weighted by Gasteiger charge is -2.33. The largest absolute Gasteiger partial charge is 0.479 e. The Kier molecular flexibility index (Phi) is 4.61. The van der Waals surface area contributed by atoms with Gasteiger partial charge in [-0.3, -0.25) is 0 Å². The Hall–Kier alpha value is -1.40. The van der Waals surface area contributed by atoms with Gasteiger partial charge in [0.05, 0.1) is 4.90 Å². The summed E-state index contributed by atoms with van der Waals surface area (Å²) < 4.78 is 22.8. The van der Waals surface area contributed by atoms with E-state index in [-0.39, 0.29) is 4.90 Å². The van der Waals surface area contributed by atoms with E-state index in [0.29, 0.717) is 5.56 Å². The number of benzene rings is 1. The van der Waals surface area contributed by atoms with Gasteiger partial charge in [0.2, 0.25) is 0 Å². The lowest BCUT2D eigenvalue weighted by atomic mass is 9.76. The smallest absolute Gasteiger partial charge is 0.336 e. The molecule has 0 aromatic heterocycles. The summed E-state index contributed by atoms with van der Waals surface area (Å²) in [4.78, 5) is 11.5. The van der Waals surface area contributed by atoms with E-state index in [9.17, 15) is 23.4 Å². The van der Waals surface area contributed by atoms with Crippen molar-refractivity contribution in [2.75, 3.05) is 6.26 Å². The van der Waals surface area contributed by atoms with Gasteiger partial charge < -0.3 is 10.2 Å². The molecule has 0 aliphatic carbocycles. The molecule has 0 saturated carbocycles. The zero-order valence-corrected chi connectivity index (χ0v) is 12.8. The number of hydrogen-bond acceptors (Lipinski definition) is 4. The Bertz CT molecular complexity index is 588. The monoisotopic (exact) mass is 300 g/mol. The van der Waals surface area contributed by atoms with Gasteiger partial charge in [0, 0.05) is 12.2 Å². The van der Waals surface area contributed by atoms with E-state index in [2.05, 4.69) is 0 Å². The first kappa shape index (κ1) is 16.7. The van der Waals surface area contributed by atoms with Crippen molar-refractivity contribution in [2.45, 2.75) is 37.2 Å². The average Bonchev–Trinajstić information content (AvgIpc) is 2.35. The maximum Gasteiger partial charge on any atom is 0.336 e. The number of sulfone groups is 1. The SMILES string of the molecule is CC(C)C(O)(C(=O)O)C(C)c1ccc(S(C)(=O)=O)cc1. The second-order valence-corrected chi connectivity index (χ2v) is 7.36. The lowest BCUT2D eigenvalue weighted by molar-refractivity contribution is -0.166. The van der Waals surface area contributed by atoms with Crippen LogP contribution in [0.15, 0.2) is 29.2 Å². The molecule has 0 radical (unpaired) electrons. The fourth-order valence-electron chi connectivity index (χ4n) is 2.19. The quantitative estimate of drug-likeness (QED) is 0.863. The molecule has 5 nitrogen and oxygen atoms in total. The molecule has 0 amide bonds. The number of aliphatic carboxylic acids is 1. The highest BCUT2D eigenvalue weighted by molar-refractivity contribution is 7.90. The first-order valence-corrected chi connectivity index (χ1v) is 8.16. The maximum absolute atomic E-state index is 11.4. The minimum atomic E-state index is -3.29. The van der Waals surface area contributed by atoms with E-state index in [4.69, 9.17) is 0 Å². The highest BCUT2D eigenvalue weighted by Crippen LogP contribution is 2.34. The van der Waals surface area contributed by atoms with Gasteiger partial charge in [-0.25, -0.2) is 13.2 Å². The van der Waals surface area contributed by atoms with Crippen LogP contribution in [-0.4, -0.2) is 36.5 Å². The van der Waals surface area contributed by atoms with Crippen molar-refractivity contribution in [1.29, 1.82) is 0 Å². The molecule has 112 valence electrons. The molecule has 6 heteroatoms. The Labute approximate surface area is 119 Å². The third kappa shape index (κ3) is 3.02. The molecule has 0 saturated heterocycles. The Morgan fingerprint density at radius 1 is 1.15 bits per heavy atom. The third-order valence-electron chi connectivity index (χ3n) is 3.69. The fraction of sp³-hybridized carbons (Fsp3) is 0.500. The van der Waals surface area contributed by atoms with Crippen LogP contribution < -0.4 is 0 Å². The van der Waals surface area contributed by atoms with E-state index in [1.165, 1.54) is 24.3 Å². The molecular weight excluding hydrogens is 280 g/mol. The summed E-state index contributed by atoms with van der Waals surface area (Å²) in [5, 5.41) is 19.7. The summed E-state index contributed by atoms with van der Waals surface area (Å²) in [7, 11) is -3.29. The zero-order valence-electron chi connectivity index (χ0n) is 12.0. The van der Waals surface area contributed by atoms with E-state index >= 15 is 0 Å². The molecular formula is C14H20O5S. The summed E-state index contributed by atoms with van der Waals surface area (Å²) in [6, 6.07) is 5.92.